The molecule has 0 aliphatic carbocycles. The quantitative estimate of drug-likeness (QED) is 0.491. The minimum absolute atomic E-state index is 0.0329. The average molecular weight is 485 g/mol. The van der Waals surface area contributed by atoms with E-state index in [-0.39, 0.29) is 20.1 Å². The number of nitrogens with zero attached hydrogens (tertiary/aromatic N) is 2. The van der Waals surface area contributed by atoms with Gasteiger partial charge in [0.05, 0.1) is 10.6 Å². The van der Waals surface area contributed by atoms with Crippen molar-refractivity contribution in [3.05, 3.63) is 68.7 Å². The number of hydrogen-bond acceptors (Lipinski definition) is 6. The number of hydrogen-bond donors (Lipinski definition) is 2. The van der Waals surface area contributed by atoms with Gasteiger partial charge in [0, 0.05) is 11.1 Å². The molecule has 0 saturated carbocycles. The monoisotopic (exact) mass is 484 g/mol. The van der Waals surface area contributed by atoms with Crippen molar-refractivity contribution in [1.82, 2.24) is 14.9 Å². The predicted molar refractivity (Wildman–Crippen MR) is 119 cm³/mol. The van der Waals surface area contributed by atoms with Gasteiger partial charge in [0.1, 0.15) is 0 Å². The minimum atomic E-state index is -3.93. The molecule has 0 spiro atoms. The van der Waals surface area contributed by atoms with Crippen LogP contribution in [0.4, 0.5) is 5.13 Å². The SMILES string of the molecule is Cc1ccc(C(C)NS(=O)(=O)c2nnc(NC(=O)c3ccc(Cl)cc3Cl)s2)c(C)c1. The van der Waals surface area contributed by atoms with Gasteiger partial charge in [-0.2, -0.15) is 0 Å². The summed E-state index contributed by atoms with van der Waals surface area (Å²) in [6, 6.07) is 9.76. The van der Waals surface area contributed by atoms with Crippen LogP contribution in [0.5, 0.6) is 0 Å². The molecule has 0 fully saturated rings. The first kappa shape index (κ1) is 22.6. The third-order valence-corrected chi connectivity index (χ3v) is 7.55. The maximum Gasteiger partial charge on any atom is 0.270 e. The van der Waals surface area contributed by atoms with Crippen LogP contribution in [0.25, 0.3) is 0 Å². The Labute approximate surface area is 188 Å². The summed E-state index contributed by atoms with van der Waals surface area (Å²) in [5, 5.41) is 10.5. The molecule has 3 aromatic rings. The average Bonchev–Trinajstić information content (AvgIpc) is 3.10. The molecular weight excluding hydrogens is 467 g/mol. The van der Waals surface area contributed by atoms with Crippen LogP contribution in [-0.2, 0) is 10.0 Å². The number of rotatable bonds is 6. The molecule has 0 saturated heterocycles. The fourth-order valence-electron chi connectivity index (χ4n) is 2.87. The summed E-state index contributed by atoms with van der Waals surface area (Å²) in [5.41, 5.74) is 3.12. The fraction of sp³-hybridized carbons (Fsp3) is 0.211. The Bertz CT molecular complexity index is 1210. The second-order valence-corrected chi connectivity index (χ2v) is 10.4. The number of anilines is 1. The molecule has 3 rings (SSSR count). The zero-order valence-electron chi connectivity index (χ0n) is 16.2. The molecule has 0 aliphatic heterocycles. The van der Waals surface area contributed by atoms with E-state index in [1.54, 1.807) is 6.92 Å². The van der Waals surface area contributed by atoms with Crippen LogP contribution in [0.2, 0.25) is 10.0 Å². The molecule has 0 radical (unpaired) electrons. The molecule has 158 valence electrons. The van der Waals surface area contributed by atoms with E-state index in [1.165, 1.54) is 18.2 Å². The summed E-state index contributed by atoms with van der Waals surface area (Å²) < 4.78 is 27.7. The summed E-state index contributed by atoms with van der Waals surface area (Å²) in [5.74, 6) is -0.548. The van der Waals surface area contributed by atoms with E-state index in [1.807, 2.05) is 32.0 Å². The minimum Gasteiger partial charge on any atom is -0.296 e. The van der Waals surface area contributed by atoms with Crippen LogP contribution in [0.1, 0.15) is 40.0 Å². The molecule has 1 heterocycles. The standard InChI is InChI=1S/C19H18Cl2N4O3S2/c1-10-4-6-14(11(2)8-10)12(3)25-30(27,28)19-24-23-18(29-19)22-17(26)15-7-5-13(20)9-16(15)21/h4-9,12,25H,1-3H3,(H,22,23,26). The van der Waals surface area contributed by atoms with Crippen LogP contribution in [0, 0.1) is 13.8 Å². The maximum absolute atomic E-state index is 12.7. The second-order valence-electron chi connectivity index (χ2n) is 6.65. The number of sulfonamides is 1. The largest absolute Gasteiger partial charge is 0.296 e. The van der Waals surface area contributed by atoms with Crippen molar-refractivity contribution in [2.24, 2.45) is 0 Å². The van der Waals surface area contributed by atoms with Gasteiger partial charge in [-0.25, -0.2) is 13.1 Å². The van der Waals surface area contributed by atoms with Crippen LogP contribution in [0.3, 0.4) is 0 Å². The van der Waals surface area contributed by atoms with Gasteiger partial charge in [0.15, 0.2) is 0 Å². The number of aryl methyl sites for hydroxylation is 2. The van der Waals surface area contributed by atoms with Crippen LogP contribution >= 0.6 is 34.5 Å². The molecule has 1 atom stereocenters. The van der Waals surface area contributed by atoms with E-state index in [4.69, 9.17) is 23.2 Å². The Balaban J connectivity index is 1.74. The Kier molecular flexibility index (Phi) is 6.78. The van der Waals surface area contributed by atoms with Crippen molar-refractivity contribution in [2.75, 3.05) is 5.32 Å². The summed E-state index contributed by atoms with van der Waals surface area (Å²) in [6.07, 6.45) is 0. The Hall–Kier alpha value is -2.04. The number of halogens is 2. The van der Waals surface area contributed by atoms with Crippen molar-refractivity contribution >= 4 is 55.6 Å². The number of benzene rings is 2. The van der Waals surface area contributed by atoms with Gasteiger partial charge in [0.2, 0.25) is 9.47 Å². The zero-order valence-corrected chi connectivity index (χ0v) is 19.4. The maximum atomic E-state index is 12.7. The topological polar surface area (TPSA) is 101 Å². The molecule has 11 heteroatoms. The molecule has 30 heavy (non-hydrogen) atoms. The number of carbonyl (C=O) groups excluding carboxylic acids is 1. The normalized spacial score (nSPS) is 12.6. The number of carbonyl (C=O) groups is 1. The fourth-order valence-corrected chi connectivity index (χ4v) is 5.49. The highest BCUT2D eigenvalue weighted by Gasteiger charge is 2.24. The van der Waals surface area contributed by atoms with Crippen molar-refractivity contribution in [1.29, 1.82) is 0 Å². The number of aromatic nitrogens is 2. The van der Waals surface area contributed by atoms with E-state index in [2.05, 4.69) is 20.2 Å². The molecule has 2 N–H and O–H groups in total. The summed E-state index contributed by atoms with van der Waals surface area (Å²) >= 11 is 12.6. The van der Waals surface area contributed by atoms with E-state index in [0.29, 0.717) is 5.02 Å². The van der Waals surface area contributed by atoms with Gasteiger partial charge in [-0.05, 0) is 50.1 Å². The Morgan fingerprint density at radius 1 is 1.10 bits per heavy atom. The van der Waals surface area contributed by atoms with Gasteiger partial charge in [-0.3, -0.25) is 10.1 Å². The first-order valence-electron chi connectivity index (χ1n) is 8.76. The van der Waals surface area contributed by atoms with E-state index in [0.717, 1.165) is 28.0 Å². The lowest BCUT2D eigenvalue weighted by atomic mass is 10.0. The molecular formula is C19H18Cl2N4O3S2. The highest BCUT2D eigenvalue weighted by atomic mass is 35.5. The smallest absolute Gasteiger partial charge is 0.270 e. The summed E-state index contributed by atoms with van der Waals surface area (Å²) in [4.78, 5) is 12.4. The lowest BCUT2D eigenvalue weighted by Crippen LogP contribution is -2.27. The lowest BCUT2D eigenvalue weighted by Gasteiger charge is -2.16. The highest BCUT2D eigenvalue weighted by Crippen LogP contribution is 2.26. The van der Waals surface area contributed by atoms with E-state index >= 15 is 0 Å². The van der Waals surface area contributed by atoms with E-state index in [9.17, 15) is 13.2 Å². The number of nitrogens with one attached hydrogen (secondary N) is 2. The van der Waals surface area contributed by atoms with Gasteiger partial charge >= 0.3 is 0 Å². The third kappa shape index (κ3) is 5.16. The first-order chi connectivity index (χ1) is 14.1. The molecule has 0 aliphatic rings. The van der Waals surface area contributed by atoms with Gasteiger partial charge < -0.3 is 0 Å². The molecule has 2 aromatic carbocycles. The third-order valence-electron chi connectivity index (χ3n) is 4.26. The van der Waals surface area contributed by atoms with Gasteiger partial charge in [0.25, 0.3) is 15.9 Å². The van der Waals surface area contributed by atoms with Crippen LogP contribution < -0.4 is 10.0 Å². The van der Waals surface area contributed by atoms with Crippen molar-refractivity contribution < 1.29 is 13.2 Å². The highest BCUT2D eigenvalue weighted by molar-refractivity contribution is 7.91. The molecule has 1 unspecified atom stereocenters. The number of amides is 1. The summed E-state index contributed by atoms with van der Waals surface area (Å²) in [7, 11) is -3.93. The molecule has 1 amide bonds. The predicted octanol–water partition coefficient (Wildman–Crippen LogP) is 4.75. The van der Waals surface area contributed by atoms with Crippen molar-refractivity contribution in [3.63, 3.8) is 0 Å². The van der Waals surface area contributed by atoms with E-state index < -0.39 is 22.0 Å². The molecule has 0 bridgehead atoms. The first-order valence-corrected chi connectivity index (χ1v) is 11.8. The zero-order chi connectivity index (χ0) is 22.1. The Morgan fingerprint density at radius 2 is 1.83 bits per heavy atom. The Morgan fingerprint density at radius 3 is 2.50 bits per heavy atom. The van der Waals surface area contributed by atoms with Gasteiger partial charge in [-0.1, -0.05) is 58.3 Å². The van der Waals surface area contributed by atoms with Crippen LogP contribution in [-0.4, -0.2) is 24.5 Å². The van der Waals surface area contributed by atoms with Crippen LogP contribution in [0.15, 0.2) is 40.7 Å². The molecule has 1 aromatic heterocycles. The second kappa shape index (κ2) is 8.99. The lowest BCUT2D eigenvalue weighted by molar-refractivity contribution is 0.102. The van der Waals surface area contributed by atoms with Crippen molar-refractivity contribution in [3.8, 4) is 0 Å². The van der Waals surface area contributed by atoms with Gasteiger partial charge in [-0.15, -0.1) is 10.2 Å². The van der Waals surface area contributed by atoms with Crippen molar-refractivity contribution in [2.45, 2.75) is 31.2 Å². The summed E-state index contributed by atoms with van der Waals surface area (Å²) in [6.45, 7) is 5.65. The molecule has 7 nitrogen and oxygen atoms in total.